The zero-order chi connectivity index (χ0) is 28.3. The smallest absolute Gasteiger partial charge is 0.281 e. The summed E-state index contributed by atoms with van der Waals surface area (Å²) in [6.45, 7) is 7.41. The Bertz CT molecular complexity index is 1630. The predicted molar refractivity (Wildman–Crippen MR) is 151 cm³/mol. The van der Waals surface area contributed by atoms with Crippen molar-refractivity contribution in [3.8, 4) is 34.4 Å². The number of sulfonamides is 1. The third-order valence-electron chi connectivity index (χ3n) is 5.92. The molecule has 39 heavy (non-hydrogen) atoms. The number of amides is 1. The van der Waals surface area contributed by atoms with Gasteiger partial charge < -0.3 is 14.2 Å². The number of aryl methyl sites for hydroxylation is 4. The molecule has 0 aliphatic heterocycles. The van der Waals surface area contributed by atoms with E-state index in [9.17, 15) is 13.2 Å². The first kappa shape index (κ1) is 27.6. The zero-order valence-corrected chi connectivity index (χ0v) is 23.3. The van der Waals surface area contributed by atoms with Gasteiger partial charge in [-0.25, -0.2) is 14.7 Å². The number of nitrogens with one attached hydrogen (secondary N) is 1. The molecule has 0 saturated heterocycles. The van der Waals surface area contributed by atoms with E-state index in [1.165, 1.54) is 12.1 Å². The molecule has 0 atom stereocenters. The molecule has 0 aliphatic rings. The van der Waals surface area contributed by atoms with E-state index in [2.05, 4.69) is 14.7 Å². The van der Waals surface area contributed by atoms with Gasteiger partial charge in [0.1, 0.15) is 22.8 Å². The minimum absolute atomic E-state index is 0. The molecule has 2 heterocycles. The van der Waals surface area contributed by atoms with Crippen LogP contribution in [-0.4, -0.2) is 38.5 Å². The lowest BCUT2D eigenvalue weighted by Gasteiger charge is -2.16. The number of hydrogen-bond acceptors (Lipinski definition) is 8. The molecular formula is C29H33N3O6S. The first-order valence-corrected chi connectivity index (χ1v) is 13.5. The SMILES string of the molecule is COc1cc(OC)cc(-c2ccc(C(=O)NS(=O)(=O)c3cccc(C)n3)c(Oc3c(C)cc(C)cc3C)n2)c1.[HH].[HH]. The Balaban J connectivity index is 0.00000294. The Morgan fingerprint density at radius 2 is 1.49 bits per heavy atom. The molecule has 9 nitrogen and oxygen atoms in total. The maximum Gasteiger partial charge on any atom is 0.281 e. The quantitative estimate of drug-likeness (QED) is 0.292. The fourth-order valence-electron chi connectivity index (χ4n) is 4.13. The van der Waals surface area contributed by atoms with Crippen molar-refractivity contribution >= 4 is 15.9 Å². The van der Waals surface area contributed by atoms with E-state index in [4.69, 9.17) is 14.2 Å². The largest absolute Gasteiger partial charge is 0.497 e. The molecule has 0 unspecified atom stereocenters. The second-order valence-corrected chi connectivity index (χ2v) is 10.7. The summed E-state index contributed by atoms with van der Waals surface area (Å²) in [5, 5.41) is -0.267. The van der Waals surface area contributed by atoms with Crippen LogP contribution in [0.1, 0.15) is 35.6 Å². The van der Waals surface area contributed by atoms with Crippen molar-refractivity contribution in [3.05, 3.63) is 88.6 Å². The van der Waals surface area contributed by atoms with Crippen molar-refractivity contribution < 1.29 is 30.3 Å². The summed E-state index contributed by atoms with van der Waals surface area (Å²) in [5.41, 5.74) is 4.28. The van der Waals surface area contributed by atoms with Gasteiger partial charge in [-0.05, 0) is 75.2 Å². The number of benzene rings is 2. The molecule has 0 radical (unpaired) electrons. The fourth-order valence-corrected chi connectivity index (χ4v) is 5.11. The number of carbonyl (C=O) groups is 1. The van der Waals surface area contributed by atoms with Gasteiger partial charge in [0.15, 0.2) is 5.03 Å². The number of nitrogens with zero attached hydrogens (tertiary/aromatic N) is 2. The van der Waals surface area contributed by atoms with Gasteiger partial charge in [-0.1, -0.05) is 23.8 Å². The minimum Gasteiger partial charge on any atom is -0.497 e. The molecule has 0 spiro atoms. The van der Waals surface area contributed by atoms with Gasteiger partial charge in [0.2, 0.25) is 5.88 Å². The number of carbonyl (C=O) groups excluding carboxylic acids is 1. The molecule has 0 saturated carbocycles. The summed E-state index contributed by atoms with van der Waals surface area (Å²) in [5.74, 6) is 0.660. The van der Waals surface area contributed by atoms with E-state index in [-0.39, 0.29) is 19.3 Å². The summed E-state index contributed by atoms with van der Waals surface area (Å²) in [6.07, 6.45) is 0. The third-order valence-corrected chi connectivity index (χ3v) is 7.15. The van der Waals surface area contributed by atoms with Gasteiger partial charge in [0.05, 0.1) is 19.9 Å². The van der Waals surface area contributed by atoms with Gasteiger partial charge in [0, 0.05) is 20.2 Å². The van der Waals surface area contributed by atoms with Gasteiger partial charge in [-0.3, -0.25) is 4.79 Å². The van der Waals surface area contributed by atoms with E-state index in [1.807, 2.05) is 32.9 Å². The maximum atomic E-state index is 13.3. The van der Waals surface area contributed by atoms with Crippen molar-refractivity contribution in [2.75, 3.05) is 14.2 Å². The second-order valence-electron chi connectivity index (χ2n) is 9.03. The van der Waals surface area contributed by atoms with Gasteiger partial charge >= 0.3 is 0 Å². The Morgan fingerprint density at radius 1 is 0.846 bits per heavy atom. The van der Waals surface area contributed by atoms with Gasteiger partial charge in [-0.2, -0.15) is 8.42 Å². The number of hydrogen-bond donors (Lipinski definition) is 1. The molecule has 1 amide bonds. The van der Waals surface area contributed by atoms with Crippen LogP contribution in [0.25, 0.3) is 11.3 Å². The third kappa shape index (κ3) is 6.18. The topological polar surface area (TPSA) is 117 Å². The van der Waals surface area contributed by atoms with E-state index in [0.717, 1.165) is 16.7 Å². The van der Waals surface area contributed by atoms with Crippen molar-refractivity contribution in [1.29, 1.82) is 0 Å². The van der Waals surface area contributed by atoms with Crippen LogP contribution in [-0.2, 0) is 10.0 Å². The van der Waals surface area contributed by atoms with Crippen molar-refractivity contribution in [2.24, 2.45) is 0 Å². The van der Waals surface area contributed by atoms with Crippen molar-refractivity contribution in [1.82, 2.24) is 14.7 Å². The predicted octanol–water partition coefficient (Wildman–Crippen LogP) is 5.80. The zero-order valence-electron chi connectivity index (χ0n) is 22.5. The Morgan fingerprint density at radius 3 is 2.08 bits per heavy atom. The lowest BCUT2D eigenvalue weighted by molar-refractivity contribution is 0.0978. The van der Waals surface area contributed by atoms with Gasteiger partial charge in [-0.15, -0.1) is 0 Å². The molecule has 0 fully saturated rings. The maximum absolute atomic E-state index is 13.3. The van der Waals surface area contributed by atoms with E-state index in [1.54, 1.807) is 57.5 Å². The second kappa shape index (κ2) is 11.1. The lowest BCUT2D eigenvalue weighted by Crippen LogP contribution is -2.31. The van der Waals surface area contributed by atoms with Crippen LogP contribution >= 0.6 is 0 Å². The molecule has 206 valence electrons. The van der Waals surface area contributed by atoms with Crippen LogP contribution < -0.4 is 18.9 Å². The van der Waals surface area contributed by atoms with E-state index >= 15 is 0 Å². The summed E-state index contributed by atoms with van der Waals surface area (Å²) < 4.78 is 44.9. The molecule has 10 heteroatoms. The normalized spacial score (nSPS) is 11.1. The summed E-state index contributed by atoms with van der Waals surface area (Å²) in [4.78, 5) is 22.0. The van der Waals surface area contributed by atoms with Crippen LogP contribution in [0.4, 0.5) is 0 Å². The Kier molecular flexibility index (Phi) is 7.87. The number of methoxy groups -OCH3 is 2. The first-order chi connectivity index (χ1) is 18.5. The average molecular weight is 552 g/mol. The van der Waals surface area contributed by atoms with Crippen LogP contribution in [0.3, 0.4) is 0 Å². The standard InChI is InChI=1S/C29H29N3O6S.2H2/c1-17-12-18(2)27(19(3)13-17)38-29-24(28(33)32-39(34,35)26-9-7-8-20(4)30-26)10-11-25(31-29)21-14-22(36-5)16-23(15-21)37-6;;/h7-16H,1-6H3,(H,32,33);2*1H. The minimum atomic E-state index is -4.25. The monoisotopic (exact) mass is 551 g/mol. The molecule has 4 aromatic rings. The lowest BCUT2D eigenvalue weighted by atomic mass is 10.1. The van der Waals surface area contributed by atoms with Crippen LogP contribution in [0, 0.1) is 27.7 Å². The molecule has 4 rings (SSSR count). The van der Waals surface area contributed by atoms with Crippen LogP contribution in [0.5, 0.6) is 23.1 Å². The van der Waals surface area contributed by atoms with Crippen LogP contribution in [0.15, 0.2) is 65.7 Å². The highest BCUT2D eigenvalue weighted by Crippen LogP contribution is 2.34. The summed E-state index contributed by atoms with van der Waals surface area (Å²) in [6, 6.07) is 16.8. The molecule has 0 aliphatic carbocycles. The number of rotatable bonds is 8. The summed E-state index contributed by atoms with van der Waals surface area (Å²) >= 11 is 0. The number of ether oxygens (including phenoxy) is 3. The van der Waals surface area contributed by atoms with Crippen molar-refractivity contribution in [3.63, 3.8) is 0 Å². The number of pyridine rings is 2. The number of aromatic nitrogens is 2. The highest BCUT2D eigenvalue weighted by atomic mass is 32.2. The molecule has 0 bridgehead atoms. The highest BCUT2D eigenvalue weighted by Gasteiger charge is 2.25. The Hall–Kier alpha value is -4.44. The van der Waals surface area contributed by atoms with E-state index < -0.39 is 15.9 Å². The Labute approximate surface area is 230 Å². The highest BCUT2D eigenvalue weighted by molar-refractivity contribution is 7.90. The van der Waals surface area contributed by atoms with E-state index in [0.29, 0.717) is 34.2 Å². The molecule has 1 N–H and O–H groups in total. The van der Waals surface area contributed by atoms with Gasteiger partial charge in [0.25, 0.3) is 15.9 Å². The van der Waals surface area contributed by atoms with Crippen LogP contribution in [0.2, 0.25) is 0 Å². The first-order valence-electron chi connectivity index (χ1n) is 12.0. The average Bonchev–Trinajstić information content (AvgIpc) is 2.90. The molecular weight excluding hydrogens is 518 g/mol. The molecule has 2 aromatic carbocycles. The summed E-state index contributed by atoms with van der Waals surface area (Å²) in [7, 11) is -1.16. The molecule has 2 aromatic heterocycles. The fraction of sp³-hybridized carbons (Fsp3) is 0.207. The van der Waals surface area contributed by atoms with Crippen molar-refractivity contribution in [2.45, 2.75) is 32.7 Å².